The fraction of sp³-hybridized carbons (Fsp3) is 0.933. The summed E-state index contributed by atoms with van der Waals surface area (Å²) in [6.07, 6.45) is 3.23. The molecule has 4 N–H and O–H groups in total. The van der Waals surface area contributed by atoms with Crippen molar-refractivity contribution in [1.29, 1.82) is 0 Å². The van der Waals surface area contributed by atoms with Crippen molar-refractivity contribution in [2.45, 2.75) is 26.2 Å². The van der Waals surface area contributed by atoms with E-state index in [0.29, 0.717) is 13.1 Å². The Morgan fingerprint density at radius 3 is 1.52 bits per heavy atom. The van der Waals surface area contributed by atoms with E-state index < -0.39 is 0 Å². The molecule has 1 rings (SSSR count). The van der Waals surface area contributed by atoms with Crippen LogP contribution in [0.5, 0.6) is 0 Å². The van der Waals surface area contributed by atoms with Gasteiger partial charge in [0, 0.05) is 46.2 Å². The van der Waals surface area contributed by atoms with Crippen molar-refractivity contribution in [2.24, 2.45) is 11.5 Å². The fourth-order valence-electron chi connectivity index (χ4n) is 2.95. The molecule has 0 saturated carbocycles. The first-order valence-corrected chi connectivity index (χ1v) is 8.27. The molecule has 1 heterocycles. The summed E-state index contributed by atoms with van der Waals surface area (Å²) in [5.74, 6) is 0.183. The van der Waals surface area contributed by atoms with Crippen LogP contribution in [0.2, 0.25) is 0 Å². The highest BCUT2D eigenvalue weighted by Gasteiger charge is 2.13. The van der Waals surface area contributed by atoms with Crippen LogP contribution in [0.4, 0.5) is 0 Å². The zero-order valence-corrected chi connectivity index (χ0v) is 13.6. The molecule has 1 saturated heterocycles. The predicted octanol–water partition coefficient (Wildman–Crippen LogP) is -0.460. The first kappa shape index (κ1) is 18.4. The highest BCUT2D eigenvalue weighted by Crippen LogP contribution is 2.03. The summed E-state index contributed by atoms with van der Waals surface area (Å²) in [6, 6.07) is 0. The third-order valence-electron chi connectivity index (χ3n) is 4.09. The van der Waals surface area contributed by atoms with Gasteiger partial charge in [0.25, 0.3) is 0 Å². The molecule has 1 aliphatic heterocycles. The average molecular weight is 299 g/mol. The molecular formula is C15H33N5O. The van der Waals surface area contributed by atoms with Gasteiger partial charge in [-0.15, -0.1) is 0 Å². The Kier molecular flexibility index (Phi) is 9.58. The minimum Gasteiger partial charge on any atom is -0.343 e. The van der Waals surface area contributed by atoms with Crippen LogP contribution in [-0.4, -0.2) is 86.1 Å². The first-order valence-electron chi connectivity index (χ1n) is 8.27. The van der Waals surface area contributed by atoms with Crippen LogP contribution in [0.25, 0.3) is 0 Å². The molecule has 124 valence electrons. The molecule has 0 radical (unpaired) electrons. The van der Waals surface area contributed by atoms with Crippen molar-refractivity contribution in [1.82, 2.24) is 14.7 Å². The lowest BCUT2D eigenvalue weighted by Crippen LogP contribution is -2.40. The fourth-order valence-corrected chi connectivity index (χ4v) is 2.95. The third-order valence-corrected chi connectivity index (χ3v) is 4.09. The standard InChI is InChI=1S/C15H33N5O/c1-15(21)20-11-3-9-18(13-5-16)7-2-8-19(14-6-17)10-4-12-20/h2-14,16-17H2,1H3. The van der Waals surface area contributed by atoms with Gasteiger partial charge in [0.15, 0.2) is 0 Å². The van der Waals surface area contributed by atoms with Gasteiger partial charge in [0.1, 0.15) is 0 Å². The Balaban J connectivity index is 2.57. The molecule has 0 bridgehead atoms. The minimum absolute atomic E-state index is 0.183. The molecular weight excluding hydrogens is 266 g/mol. The highest BCUT2D eigenvalue weighted by molar-refractivity contribution is 5.73. The molecule has 0 aliphatic carbocycles. The third kappa shape index (κ3) is 7.76. The molecule has 0 aromatic heterocycles. The van der Waals surface area contributed by atoms with Crippen LogP contribution in [-0.2, 0) is 4.79 Å². The minimum atomic E-state index is 0.183. The average Bonchev–Trinajstić information content (AvgIpc) is 2.43. The number of carbonyl (C=O) groups excluding carboxylic acids is 1. The predicted molar refractivity (Wildman–Crippen MR) is 87.1 cm³/mol. The number of carbonyl (C=O) groups is 1. The molecule has 0 atom stereocenters. The summed E-state index contributed by atoms with van der Waals surface area (Å²) >= 11 is 0. The molecule has 0 spiro atoms. The Labute approximate surface area is 129 Å². The molecule has 21 heavy (non-hydrogen) atoms. The van der Waals surface area contributed by atoms with Gasteiger partial charge in [-0.25, -0.2) is 0 Å². The van der Waals surface area contributed by atoms with Gasteiger partial charge in [0.2, 0.25) is 5.91 Å². The lowest BCUT2D eigenvalue weighted by atomic mass is 10.2. The molecule has 0 aromatic carbocycles. The Hall–Kier alpha value is -0.690. The molecule has 6 heteroatoms. The summed E-state index contributed by atoms with van der Waals surface area (Å²) in [6.45, 7) is 10.9. The van der Waals surface area contributed by atoms with E-state index >= 15 is 0 Å². The molecule has 1 fully saturated rings. The van der Waals surface area contributed by atoms with Gasteiger partial charge >= 0.3 is 0 Å². The SMILES string of the molecule is CC(=O)N1CCCN(CCN)CCCN(CCN)CCC1. The second-order valence-corrected chi connectivity index (χ2v) is 5.83. The lowest BCUT2D eigenvalue weighted by Gasteiger charge is -2.29. The van der Waals surface area contributed by atoms with Gasteiger partial charge in [-0.3, -0.25) is 4.79 Å². The first-order chi connectivity index (χ1) is 10.2. The van der Waals surface area contributed by atoms with Crippen molar-refractivity contribution in [3.8, 4) is 0 Å². The zero-order chi connectivity index (χ0) is 15.5. The summed E-state index contributed by atoms with van der Waals surface area (Å²) in [5, 5.41) is 0. The zero-order valence-electron chi connectivity index (χ0n) is 13.6. The van der Waals surface area contributed by atoms with Gasteiger partial charge < -0.3 is 26.2 Å². The van der Waals surface area contributed by atoms with E-state index in [2.05, 4.69) is 9.80 Å². The van der Waals surface area contributed by atoms with Gasteiger partial charge in [-0.1, -0.05) is 0 Å². The second kappa shape index (κ2) is 11.0. The molecule has 0 unspecified atom stereocenters. The lowest BCUT2D eigenvalue weighted by molar-refractivity contribution is -0.129. The Bertz CT molecular complexity index is 267. The molecule has 1 amide bonds. The summed E-state index contributed by atoms with van der Waals surface area (Å²) < 4.78 is 0. The summed E-state index contributed by atoms with van der Waals surface area (Å²) in [5.41, 5.74) is 11.4. The maximum atomic E-state index is 11.7. The topological polar surface area (TPSA) is 78.8 Å². The van der Waals surface area contributed by atoms with E-state index in [9.17, 15) is 4.79 Å². The van der Waals surface area contributed by atoms with Crippen LogP contribution in [0, 0.1) is 0 Å². The molecule has 6 nitrogen and oxygen atoms in total. The van der Waals surface area contributed by atoms with Crippen molar-refractivity contribution < 1.29 is 4.79 Å². The van der Waals surface area contributed by atoms with Crippen LogP contribution >= 0.6 is 0 Å². The monoisotopic (exact) mass is 299 g/mol. The second-order valence-electron chi connectivity index (χ2n) is 5.83. The van der Waals surface area contributed by atoms with Crippen molar-refractivity contribution in [2.75, 3.05) is 65.4 Å². The smallest absolute Gasteiger partial charge is 0.219 e. The van der Waals surface area contributed by atoms with Crippen LogP contribution in [0.15, 0.2) is 0 Å². The van der Waals surface area contributed by atoms with Gasteiger partial charge in [0.05, 0.1) is 0 Å². The normalized spacial score (nSPS) is 20.8. The van der Waals surface area contributed by atoms with Crippen molar-refractivity contribution in [3.05, 3.63) is 0 Å². The highest BCUT2D eigenvalue weighted by atomic mass is 16.2. The Morgan fingerprint density at radius 1 is 0.810 bits per heavy atom. The van der Waals surface area contributed by atoms with E-state index in [0.717, 1.165) is 71.6 Å². The number of rotatable bonds is 4. The number of nitrogens with zero attached hydrogens (tertiary/aromatic N) is 3. The van der Waals surface area contributed by atoms with Gasteiger partial charge in [-0.2, -0.15) is 0 Å². The van der Waals surface area contributed by atoms with Gasteiger partial charge in [-0.05, 0) is 45.4 Å². The molecule has 0 aromatic rings. The number of nitrogens with two attached hydrogens (primary N) is 2. The van der Waals surface area contributed by atoms with Crippen LogP contribution < -0.4 is 11.5 Å². The quantitative estimate of drug-likeness (QED) is 0.734. The van der Waals surface area contributed by atoms with Crippen LogP contribution in [0.3, 0.4) is 0 Å². The van der Waals surface area contributed by atoms with E-state index in [1.807, 2.05) is 4.90 Å². The number of hydrogen-bond donors (Lipinski definition) is 2. The summed E-state index contributed by atoms with van der Waals surface area (Å²) in [7, 11) is 0. The maximum Gasteiger partial charge on any atom is 0.219 e. The maximum absolute atomic E-state index is 11.7. The Morgan fingerprint density at radius 2 is 1.19 bits per heavy atom. The van der Waals surface area contributed by atoms with E-state index in [4.69, 9.17) is 11.5 Å². The largest absolute Gasteiger partial charge is 0.343 e. The van der Waals surface area contributed by atoms with Crippen molar-refractivity contribution in [3.63, 3.8) is 0 Å². The number of amides is 1. The van der Waals surface area contributed by atoms with Crippen molar-refractivity contribution >= 4 is 5.91 Å². The summed E-state index contributed by atoms with van der Waals surface area (Å²) in [4.78, 5) is 18.5. The molecule has 1 aliphatic rings. The van der Waals surface area contributed by atoms with E-state index in [1.54, 1.807) is 6.92 Å². The van der Waals surface area contributed by atoms with E-state index in [-0.39, 0.29) is 5.91 Å². The van der Waals surface area contributed by atoms with E-state index in [1.165, 1.54) is 0 Å². The van der Waals surface area contributed by atoms with Crippen LogP contribution in [0.1, 0.15) is 26.2 Å². The number of hydrogen-bond acceptors (Lipinski definition) is 5.